The summed E-state index contributed by atoms with van der Waals surface area (Å²) < 4.78 is 27.3. The van der Waals surface area contributed by atoms with Gasteiger partial charge in [-0.2, -0.15) is 0 Å². The average molecular weight is 586 g/mol. The van der Waals surface area contributed by atoms with E-state index in [0.717, 1.165) is 4.47 Å². The van der Waals surface area contributed by atoms with Crippen LogP contribution >= 0.6 is 15.9 Å². The molecule has 1 atom stereocenters. The molecule has 10 heteroatoms. The zero-order valence-corrected chi connectivity index (χ0v) is 23.0. The van der Waals surface area contributed by atoms with Crippen LogP contribution in [0.25, 0.3) is 0 Å². The van der Waals surface area contributed by atoms with Crippen molar-refractivity contribution in [3.63, 3.8) is 0 Å². The maximum Gasteiger partial charge on any atom is 0.307 e. The fourth-order valence-corrected chi connectivity index (χ4v) is 3.87. The van der Waals surface area contributed by atoms with E-state index in [1.54, 1.807) is 60.7 Å². The lowest BCUT2D eigenvalue weighted by molar-refractivity contribution is -0.154. The van der Waals surface area contributed by atoms with E-state index >= 15 is 0 Å². The van der Waals surface area contributed by atoms with E-state index in [0.29, 0.717) is 34.2 Å². The first-order chi connectivity index (χ1) is 18.3. The van der Waals surface area contributed by atoms with Crippen molar-refractivity contribution in [3.05, 3.63) is 76.3 Å². The Hall–Kier alpha value is -4.05. The first-order valence-corrected chi connectivity index (χ1v) is 12.3. The molecule has 0 aromatic heterocycles. The molecule has 0 fully saturated rings. The number of amides is 1. The summed E-state index contributed by atoms with van der Waals surface area (Å²) in [5.41, 5.74) is 1.17. The highest BCUT2D eigenvalue weighted by Crippen LogP contribution is 2.31. The number of methoxy groups -OCH3 is 4. The first-order valence-electron chi connectivity index (χ1n) is 11.5. The standard InChI is InChI=1S/C28H28BrNO8/c1-34-20-10-13-23(35-2)21(16-20)22(31)11-14-26(32)38-27(17-5-7-18(29)8-6-17)28(33)30-19-9-12-24(36-3)25(15-19)37-4/h5-10,12-13,15-16,27H,11,14H2,1-4H3,(H,30,33). The molecular weight excluding hydrogens is 558 g/mol. The third-order valence-electron chi connectivity index (χ3n) is 5.57. The second kappa shape index (κ2) is 13.5. The Morgan fingerprint density at radius 2 is 1.42 bits per heavy atom. The van der Waals surface area contributed by atoms with Crippen LogP contribution in [0.3, 0.4) is 0 Å². The van der Waals surface area contributed by atoms with Gasteiger partial charge in [0.15, 0.2) is 17.3 Å². The van der Waals surface area contributed by atoms with Crippen LogP contribution in [0.15, 0.2) is 65.1 Å². The van der Waals surface area contributed by atoms with Crippen molar-refractivity contribution in [3.8, 4) is 23.0 Å². The molecule has 0 aliphatic carbocycles. The number of carbonyl (C=O) groups is 3. The number of hydrogen-bond acceptors (Lipinski definition) is 8. The van der Waals surface area contributed by atoms with Gasteiger partial charge in [0.05, 0.1) is 40.4 Å². The van der Waals surface area contributed by atoms with Crippen LogP contribution in [0.5, 0.6) is 23.0 Å². The van der Waals surface area contributed by atoms with Crippen molar-refractivity contribution < 1.29 is 38.1 Å². The van der Waals surface area contributed by atoms with Gasteiger partial charge < -0.3 is 29.0 Å². The number of ether oxygens (including phenoxy) is 5. The Morgan fingerprint density at radius 3 is 2.05 bits per heavy atom. The number of carbonyl (C=O) groups excluding carboxylic acids is 3. The summed E-state index contributed by atoms with van der Waals surface area (Å²) >= 11 is 3.36. The summed E-state index contributed by atoms with van der Waals surface area (Å²) in [5, 5.41) is 2.74. The lowest BCUT2D eigenvalue weighted by Gasteiger charge is -2.19. The van der Waals surface area contributed by atoms with Crippen molar-refractivity contribution in [1.29, 1.82) is 0 Å². The van der Waals surface area contributed by atoms with Gasteiger partial charge in [-0.15, -0.1) is 0 Å². The van der Waals surface area contributed by atoms with Gasteiger partial charge in [0, 0.05) is 28.2 Å². The van der Waals surface area contributed by atoms with Crippen molar-refractivity contribution in [2.45, 2.75) is 18.9 Å². The number of benzene rings is 3. The highest BCUT2D eigenvalue weighted by atomic mass is 79.9. The lowest BCUT2D eigenvalue weighted by Crippen LogP contribution is -2.26. The fraction of sp³-hybridized carbons (Fsp3) is 0.250. The van der Waals surface area contributed by atoms with Crippen LogP contribution in [-0.4, -0.2) is 46.1 Å². The molecule has 1 unspecified atom stereocenters. The Labute approximate surface area is 229 Å². The van der Waals surface area contributed by atoms with Gasteiger partial charge in [-0.05, 0) is 42.5 Å². The first kappa shape index (κ1) is 28.5. The maximum absolute atomic E-state index is 13.2. The van der Waals surface area contributed by atoms with Gasteiger partial charge in [-0.25, -0.2) is 0 Å². The molecule has 0 aliphatic rings. The quantitative estimate of drug-likeness (QED) is 0.223. The summed E-state index contributed by atoms with van der Waals surface area (Å²) in [4.78, 5) is 38.9. The minimum Gasteiger partial charge on any atom is -0.497 e. The summed E-state index contributed by atoms with van der Waals surface area (Å²) in [7, 11) is 5.93. The normalized spacial score (nSPS) is 11.2. The molecule has 3 rings (SSSR count). The summed E-state index contributed by atoms with van der Waals surface area (Å²) in [6.07, 6.45) is -1.65. The van der Waals surface area contributed by atoms with E-state index in [1.165, 1.54) is 28.4 Å². The van der Waals surface area contributed by atoms with Crippen LogP contribution in [0.2, 0.25) is 0 Å². The van der Waals surface area contributed by atoms with Crippen LogP contribution in [0.4, 0.5) is 5.69 Å². The van der Waals surface area contributed by atoms with E-state index in [4.69, 9.17) is 23.7 Å². The van der Waals surface area contributed by atoms with Crippen LogP contribution in [-0.2, 0) is 14.3 Å². The molecule has 0 heterocycles. The molecule has 9 nitrogen and oxygen atoms in total. The smallest absolute Gasteiger partial charge is 0.307 e. The highest BCUT2D eigenvalue weighted by molar-refractivity contribution is 9.10. The molecule has 0 saturated heterocycles. The molecule has 38 heavy (non-hydrogen) atoms. The fourth-order valence-electron chi connectivity index (χ4n) is 3.60. The molecule has 200 valence electrons. The molecule has 0 bridgehead atoms. The zero-order chi connectivity index (χ0) is 27.7. The molecule has 0 aliphatic heterocycles. The number of anilines is 1. The molecule has 1 N–H and O–H groups in total. The Bertz CT molecular complexity index is 1290. The van der Waals surface area contributed by atoms with Gasteiger partial charge in [-0.1, -0.05) is 28.1 Å². The molecule has 0 saturated carbocycles. The van der Waals surface area contributed by atoms with E-state index < -0.39 is 18.0 Å². The van der Waals surface area contributed by atoms with Crippen molar-refractivity contribution in [2.75, 3.05) is 33.8 Å². The van der Waals surface area contributed by atoms with E-state index in [1.807, 2.05) is 0 Å². The Morgan fingerprint density at radius 1 is 0.763 bits per heavy atom. The third kappa shape index (κ3) is 7.25. The molecule has 0 radical (unpaired) electrons. The SMILES string of the molecule is COc1ccc(OC)c(C(=O)CCC(=O)OC(C(=O)Nc2ccc(OC)c(OC)c2)c2ccc(Br)cc2)c1. The van der Waals surface area contributed by atoms with Crippen molar-refractivity contribution in [1.82, 2.24) is 0 Å². The Kier molecular flexibility index (Phi) is 10.1. The maximum atomic E-state index is 13.2. The minimum absolute atomic E-state index is 0.146. The number of halogens is 1. The highest BCUT2D eigenvalue weighted by Gasteiger charge is 2.26. The molecular formula is C28H28BrNO8. The average Bonchev–Trinajstić information content (AvgIpc) is 2.94. The third-order valence-corrected chi connectivity index (χ3v) is 6.10. The number of Topliss-reactive ketones (excluding diaryl/α,β-unsaturated/α-hetero) is 1. The van der Waals surface area contributed by atoms with Crippen molar-refractivity contribution >= 4 is 39.3 Å². The van der Waals surface area contributed by atoms with E-state index in [9.17, 15) is 14.4 Å². The summed E-state index contributed by atoms with van der Waals surface area (Å²) in [6, 6.07) is 16.5. The molecule has 3 aromatic rings. The number of nitrogens with one attached hydrogen (secondary N) is 1. The second-order valence-electron chi connectivity index (χ2n) is 7.97. The number of rotatable bonds is 12. The van der Waals surface area contributed by atoms with Crippen molar-refractivity contribution in [2.24, 2.45) is 0 Å². The van der Waals surface area contributed by atoms with Gasteiger partial charge >= 0.3 is 5.97 Å². The topological polar surface area (TPSA) is 109 Å². The molecule has 1 amide bonds. The summed E-state index contributed by atoms with van der Waals surface area (Å²) in [6.45, 7) is 0. The zero-order valence-electron chi connectivity index (χ0n) is 21.4. The number of ketones is 1. The summed E-state index contributed by atoms with van der Waals surface area (Å²) in [5.74, 6) is 0.162. The number of hydrogen-bond donors (Lipinski definition) is 1. The van der Waals surface area contributed by atoms with Crippen LogP contribution < -0.4 is 24.3 Å². The van der Waals surface area contributed by atoms with Gasteiger partial charge in [0.2, 0.25) is 6.10 Å². The van der Waals surface area contributed by atoms with Gasteiger partial charge in [-0.3, -0.25) is 14.4 Å². The lowest BCUT2D eigenvalue weighted by atomic mass is 10.0. The monoisotopic (exact) mass is 585 g/mol. The molecule has 3 aromatic carbocycles. The second-order valence-corrected chi connectivity index (χ2v) is 8.89. The number of esters is 1. The largest absolute Gasteiger partial charge is 0.497 e. The molecule has 0 spiro atoms. The van der Waals surface area contributed by atoms with Crippen LogP contribution in [0, 0.1) is 0 Å². The predicted octanol–water partition coefficient (Wildman–Crippen LogP) is 5.37. The van der Waals surface area contributed by atoms with E-state index in [2.05, 4.69) is 21.2 Å². The predicted molar refractivity (Wildman–Crippen MR) is 144 cm³/mol. The van der Waals surface area contributed by atoms with Gasteiger partial charge in [0.25, 0.3) is 5.91 Å². The Balaban J connectivity index is 1.75. The van der Waals surface area contributed by atoms with Crippen LogP contribution in [0.1, 0.15) is 34.9 Å². The minimum atomic E-state index is -1.26. The van der Waals surface area contributed by atoms with Gasteiger partial charge in [0.1, 0.15) is 11.5 Å². The van der Waals surface area contributed by atoms with E-state index in [-0.39, 0.29) is 24.2 Å².